The molecule has 0 aliphatic heterocycles. The second-order valence-corrected chi connectivity index (χ2v) is 6.03. The molecule has 0 saturated carbocycles. The zero-order valence-electron chi connectivity index (χ0n) is 13.4. The molecule has 24 heavy (non-hydrogen) atoms. The molecule has 1 aliphatic carbocycles. The summed E-state index contributed by atoms with van der Waals surface area (Å²) in [6.45, 7) is 0.327. The molecule has 1 aromatic heterocycles. The van der Waals surface area contributed by atoms with Gasteiger partial charge in [0.15, 0.2) is 0 Å². The Balaban J connectivity index is 1.59. The number of nitrogens with one attached hydrogen (secondary N) is 1. The Labute approximate surface area is 139 Å². The number of benzene rings is 1. The quantitative estimate of drug-likeness (QED) is 0.519. The van der Waals surface area contributed by atoms with Crippen LogP contribution in [0.1, 0.15) is 42.9 Å². The maximum absolute atomic E-state index is 12.3. The van der Waals surface area contributed by atoms with Gasteiger partial charge in [0.25, 0.3) is 0 Å². The molecule has 1 amide bonds. The highest BCUT2D eigenvalue weighted by Gasteiger charge is 2.20. The lowest BCUT2D eigenvalue weighted by Gasteiger charge is -2.19. The van der Waals surface area contributed by atoms with Crippen LogP contribution in [-0.4, -0.2) is 20.6 Å². The van der Waals surface area contributed by atoms with E-state index in [-0.39, 0.29) is 24.1 Å². The van der Waals surface area contributed by atoms with Crippen molar-refractivity contribution in [1.29, 1.82) is 0 Å². The van der Waals surface area contributed by atoms with E-state index in [4.69, 9.17) is 0 Å². The van der Waals surface area contributed by atoms with Crippen LogP contribution in [0.2, 0.25) is 0 Å². The third-order valence-corrected chi connectivity index (χ3v) is 4.35. The van der Waals surface area contributed by atoms with Crippen LogP contribution in [0.5, 0.6) is 0 Å². The molecule has 0 spiro atoms. The van der Waals surface area contributed by atoms with E-state index >= 15 is 0 Å². The molecule has 0 unspecified atom stereocenters. The van der Waals surface area contributed by atoms with Crippen molar-refractivity contribution in [2.75, 3.05) is 0 Å². The predicted molar refractivity (Wildman–Crippen MR) is 88.4 cm³/mol. The Kier molecular flexibility index (Phi) is 4.88. The average molecular weight is 328 g/mol. The van der Waals surface area contributed by atoms with Crippen LogP contribution in [0, 0.1) is 10.1 Å². The number of amides is 1. The highest BCUT2D eigenvalue weighted by atomic mass is 16.6. The molecule has 7 nitrogen and oxygen atoms in total. The third kappa shape index (κ3) is 3.79. The van der Waals surface area contributed by atoms with Gasteiger partial charge < -0.3 is 5.32 Å². The molecular weight excluding hydrogens is 308 g/mol. The highest BCUT2D eigenvalue weighted by Crippen LogP contribution is 2.28. The molecule has 2 aromatic rings. The first-order valence-electron chi connectivity index (χ1n) is 8.17. The number of fused-ring (bicyclic) bond motifs is 1. The third-order valence-electron chi connectivity index (χ3n) is 4.35. The minimum absolute atomic E-state index is 0.0446. The number of hydrogen-bond donors (Lipinski definition) is 1. The van der Waals surface area contributed by atoms with Crippen LogP contribution in [0.3, 0.4) is 0 Å². The smallest absolute Gasteiger partial charge is 0.306 e. The van der Waals surface area contributed by atoms with E-state index in [9.17, 15) is 14.9 Å². The number of carbonyl (C=O) groups is 1. The summed E-state index contributed by atoms with van der Waals surface area (Å²) in [4.78, 5) is 22.4. The molecule has 3 rings (SSSR count). The first-order valence-corrected chi connectivity index (χ1v) is 8.17. The van der Waals surface area contributed by atoms with Gasteiger partial charge in [-0.15, -0.1) is 0 Å². The van der Waals surface area contributed by atoms with Gasteiger partial charge in [0, 0.05) is 13.0 Å². The SMILES string of the molecule is O=C(CCn1cc([N+](=O)[O-])cn1)N[C@H]1CCCCc2ccccc21. The standard InChI is InChI=1S/C17H20N4O3/c22-17(9-10-20-12-14(11-18-20)21(23)24)19-16-8-4-2-6-13-5-1-3-7-15(13)16/h1,3,5,7,11-12,16H,2,4,6,8-10H2,(H,19,22)/t16-/m0/s1. The number of hydrogen-bond acceptors (Lipinski definition) is 4. The Morgan fingerprint density at radius 3 is 3.00 bits per heavy atom. The maximum Gasteiger partial charge on any atom is 0.306 e. The number of aromatic nitrogens is 2. The fourth-order valence-corrected chi connectivity index (χ4v) is 3.12. The van der Waals surface area contributed by atoms with Gasteiger partial charge >= 0.3 is 5.69 Å². The molecule has 0 fully saturated rings. The molecule has 1 aliphatic rings. The number of carbonyl (C=O) groups excluding carboxylic acids is 1. The van der Waals surface area contributed by atoms with Crippen molar-refractivity contribution in [2.24, 2.45) is 0 Å². The summed E-state index contributed by atoms with van der Waals surface area (Å²) in [5.74, 6) is -0.0603. The van der Waals surface area contributed by atoms with Crippen LogP contribution < -0.4 is 5.32 Å². The van der Waals surface area contributed by atoms with E-state index in [1.54, 1.807) is 0 Å². The summed E-state index contributed by atoms with van der Waals surface area (Å²) in [6.07, 6.45) is 7.01. The Morgan fingerprint density at radius 1 is 1.38 bits per heavy atom. The van der Waals surface area contributed by atoms with Crippen molar-refractivity contribution >= 4 is 11.6 Å². The largest absolute Gasteiger partial charge is 0.349 e. The summed E-state index contributed by atoms with van der Waals surface area (Å²) < 4.78 is 1.43. The summed E-state index contributed by atoms with van der Waals surface area (Å²) in [5.41, 5.74) is 2.45. The Morgan fingerprint density at radius 2 is 2.21 bits per heavy atom. The van der Waals surface area contributed by atoms with Crippen LogP contribution >= 0.6 is 0 Å². The minimum Gasteiger partial charge on any atom is -0.349 e. The first kappa shape index (κ1) is 16.2. The van der Waals surface area contributed by atoms with Gasteiger partial charge in [-0.25, -0.2) is 0 Å². The average Bonchev–Trinajstić information content (AvgIpc) is 2.97. The fraction of sp³-hybridized carbons (Fsp3) is 0.412. The van der Waals surface area contributed by atoms with Gasteiger partial charge in [-0.2, -0.15) is 5.10 Å². The second kappa shape index (κ2) is 7.25. The Bertz CT molecular complexity index is 741. The van der Waals surface area contributed by atoms with E-state index in [0.29, 0.717) is 6.54 Å². The minimum atomic E-state index is -0.494. The second-order valence-electron chi connectivity index (χ2n) is 6.03. The summed E-state index contributed by atoms with van der Waals surface area (Å²) in [6, 6.07) is 8.30. The number of aryl methyl sites for hydroxylation is 2. The lowest BCUT2D eigenvalue weighted by Crippen LogP contribution is -2.29. The van der Waals surface area contributed by atoms with Gasteiger partial charge in [-0.1, -0.05) is 30.7 Å². The molecule has 1 atom stereocenters. The summed E-state index contributed by atoms with van der Waals surface area (Å²) >= 11 is 0. The van der Waals surface area contributed by atoms with Crippen molar-refractivity contribution in [3.63, 3.8) is 0 Å². The van der Waals surface area contributed by atoms with Crippen molar-refractivity contribution in [3.8, 4) is 0 Å². The van der Waals surface area contributed by atoms with Gasteiger partial charge in [-0.05, 0) is 30.4 Å². The molecule has 1 heterocycles. The normalized spacial score (nSPS) is 16.9. The monoisotopic (exact) mass is 328 g/mol. The van der Waals surface area contributed by atoms with Crippen molar-refractivity contribution in [1.82, 2.24) is 15.1 Å². The maximum atomic E-state index is 12.3. The molecule has 1 aromatic carbocycles. The van der Waals surface area contributed by atoms with E-state index in [1.807, 2.05) is 12.1 Å². The van der Waals surface area contributed by atoms with Gasteiger partial charge in [0.2, 0.25) is 5.91 Å². The molecule has 7 heteroatoms. The fourth-order valence-electron chi connectivity index (χ4n) is 3.12. The number of rotatable bonds is 5. The first-order chi connectivity index (χ1) is 11.6. The van der Waals surface area contributed by atoms with Gasteiger partial charge in [0.1, 0.15) is 12.4 Å². The number of nitrogens with zero attached hydrogens (tertiary/aromatic N) is 3. The molecule has 1 N–H and O–H groups in total. The lowest BCUT2D eigenvalue weighted by atomic mass is 9.99. The van der Waals surface area contributed by atoms with E-state index in [1.165, 1.54) is 28.2 Å². The molecular formula is C17H20N4O3. The van der Waals surface area contributed by atoms with Crippen molar-refractivity contribution in [2.45, 2.75) is 44.7 Å². The van der Waals surface area contributed by atoms with Gasteiger partial charge in [0.05, 0.1) is 11.0 Å². The van der Waals surface area contributed by atoms with Crippen LogP contribution in [0.4, 0.5) is 5.69 Å². The molecule has 0 bridgehead atoms. The van der Waals surface area contributed by atoms with Crippen molar-refractivity contribution in [3.05, 3.63) is 57.9 Å². The zero-order chi connectivity index (χ0) is 16.9. The molecule has 0 radical (unpaired) electrons. The number of nitro groups is 1. The Hall–Kier alpha value is -2.70. The van der Waals surface area contributed by atoms with E-state index in [0.717, 1.165) is 25.7 Å². The van der Waals surface area contributed by atoms with Crippen LogP contribution in [0.15, 0.2) is 36.7 Å². The predicted octanol–water partition coefficient (Wildman–Crippen LogP) is 2.77. The summed E-state index contributed by atoms with van der Waals surface area (Å²) in [5, 5.41) is 17.6. The lowest BCUT2D eigenvalue weighted by molar-refractivity contribution is -0.385. The zero-order valence-corrected chi connectivity index (χ0v) is 13.4. The topological polar surface area (TPSA) is 90.1 Å². The summed E-state index contributed by atoms with van der Waals surface area (Å²) in [7, 11) is 0. The van der Waals surface area contributed by atoms with Crippen LogP contribution in [0.25, 0.3) is 0 Å². The molecule has 126 valence electrons. The van der Waals surface area contributed by atoms with Crippen molar-refractivity contribution < 1.29 is 9.72 Å². The van der Waals surface area contributed by atoms with E-state index < -0.39 is 4.92 Å². The molecule has 0 saturated heterocycles. The van der Waals surface area contributed by atoms with Crippen LogP contribution in [-0.2, 0) is 17.8 Å². The highest BCUT2D eigenvalue weighted by molar-refractivity contribution is 5.76. The van der Waals surface area contributed by atoms with E-state index in [2.05, 4.69) is 22.5 Å². The van der Waals surface area contributed by atoms with Gasteiger partial charge in [-0.3, -0.25) is 19.6 Å².